The van der Waals surface area contributed by atoms with Gasteiger partial charge in [0.25, 0.3) is 5.78 Å². The van der Waals surface area contributed by atoms with Gasteiger partial charge in [-0.25, -0.2) is 4.98 Å². The second kappa shape index (κ2) is 2.91. The molecule has 2 heterocycles. The average Bonchev–Trinajstić information content (AvgIpc) is 2.50. The minimum Gasteiger partial charge on any atom is -0.206 e. The van der Waals surface area contributed by atoms with Crippen LogP contribution in [0.4, 0.5) is 13.2 Å². The molecule has 0 aliphatic rings. The van der Waals surface area contributed by atoms with E-state index in [0.717, 1.165) is 16.9 Å². The van der Waals surface area contributed by atoms with E-state index in [1.165, 1.54) is 0 Å². The molecule has 0 amide bonds. The highest BCUT2D eigenvalue weighted by atomic mass is 79.9. The van der Waals surface area contributed by atoms with Crippen molar-refractivity contribution in [3.05, 3.63) is 22.7 Å². The molecular weight excluding hydrogens is 265 g/mol. The Morgan fingerprint density at radius 2 is 2.07 bits per heavy atom. The zero-order chi connectivity index (χ0) is 10.3. The van der Waals surface area contributed by atoms with Crippen LogP contribution >= 0.6 is 15.9 Å². The first-order chi connectivity index (χ1) is 6.48. The summed E-state index contributed by atoms with van der Waals surface area (Å²) in [5, 5.41) is 3.67. The minimum atomic E-state index is -4.48. The second-order valence-electron chi connectivity index (χ2n) is 2.43. The van der Waals surface area contributed by atoms with Gasteiger partial charge in [0.05, 0.1) is 0 Å². The van der Waals surface area contributed by atoms with E-state index in [1.54, 1.807) is 0 Å². The first-order valence-corrected chi connectivity index (χ1v) is 4.21. The van der Waals surface area contributed by atoms with Crippen LogP contribution < -0.4 is 0 Å². The highest BCUT2D eigenvalue weighted by Crippen LogP contribution is 2.29. The first kappa shape index (κ1) is 9.38. The topological polar surface area (TPSA) is 43.1 Å². The lowest BCUT2D eigenvalue weighted by Crippen LogP contribution is -2.10. The highest BCUT2D eigenvalue weighted by molar-refractivity contribution is 9.10. The summed E-state index contributed by atoms with van der Waals surface area (Å²) in [7, 11) is 0. The summed E-state index contributed by atoms with van der Waals surface area (Å²) in [5.74, 6) is -0.0910. The van der Waals surface area contributed by atoms with Gasteiger partial charge in [0, 0.05) is 6.07 Å². The molecular formula is C6H2BrF3N4. The molecule has 2 aromatic rings. The maximum atomic E-state index is 12.3. The van der Waals surface area contributed by atoms with E-state index in [1.807, 2.05) is 0 Å². The fourth-order valence-electron chi connectivity index (χ4n) is 0.922. The Bertz CT molecular complexity index is 477. The lowest BCUT2D eigenvalue weighted by atomic mass is 10.4. The molecule has 0 N–H and O–H groups in total. The number of rotatable bonds is 0. The summed E-state index contributed by atoms with van der Waals surface area (Å²) >= 11 is 2.94. The number of hydrogen-bond acceptors (Lipinski definition) is 3. The molecule has 4 nitrogen and oxygen atoms in total. The van der Waals surface area contributed by atoms with Crippen molar-refractivity contribution in [1.29, 1.82) is 0 Å². The van der Waals surface area contributed by atoms with Crippen molar-refractivity contribution in [2.75, 3.05) is 0 Å². The molecule has 8 heteroatoms. The number of hydrogen-bond donors (Lipinski definition) is 0. The molecule has 0 radical (unpaired) electrons. The van der Waals surface area contributed by atoms with Gasteiger partial charge in [-0.3, -0.25) is 0 Å². The predicted molar refractivity (Wildman–Crippen MR) is 43.5 cm³/mol. The third-order valence-corrected chi connectivity index (χ3v) is 2.06. The zero-order valence-electron chi connectivity index (χ0n) is 6.46. The van der Waals surface area contributed by atoms with Crippen LogP contribution in [-0.4, -0.2) is 19.6 Å². The lowest BCUT2D eigenvalue weighted by molar-refractivity contribution is -0.141. The van der Waals surface area contributed by atoms with Crippen LogP contribution in [0.15, 0.2) is 17.0 Å². The number of halogens is 4. The molecule has 0 bridgehead atoms. The van der Waals surface area contributed by atoms with Crippen molar-refractivity contribution < 1.29 is 13.2 Å². The molecule has 2 aromatic heterocycles. The van der Waals surface area contributed by atoms with Gasteiger partial charge in [0.2, 0.25) is 0 Å². The quantitative estimate of drug-likeness (QED) is 0.685. The summed E-state index contributed by atoms with van der Waals surface area (Å²) in [6, 6.07) is 0.849. The SMILES string of the molecule is FC(F)(F)c1cc(Br)n2ncnc2n1. The first-order valence-electron chi connectivity index (χ1n) is 3.42. The second-order valence-corrected chi connectivity index (χ2v) is 3.25. The largest absolute Gasteiger partial charge is 0.433 e. The fourth-order valence-corrected chi connectivity index (χ4v) is 1.39. The summed E-state index contributed by atoms with van der Waals surface area (Å²) in [4.78, 5) is 6.87. The molecule has 0 atom stereocenters. The van der Waals surface area contributed by atoms with Crippen LogP contribution in [0.1, 0.15) is 5.69 Å². The molecule has 0 fully saturated rings. The third kappa shape index (κ3) is 1.45. The Hall–Kier alpha value is -1.18. The van der Waals surface area contributed by atoms with Crippen LogP contribution in [0.2, 0.25) is 0 Å². The monoisotopic (exact) mass is 266 g/mol. The van der Waals surface area contributed by atoms with Crippen LogP contribution in [0.5, 0.6) is 0 Å². The normalized spacial score (nSPS) is 12.3. The van der Waals surface area contributed by atoms with Gasteiger partial charge < -0.3 is 0 Å². The van der Waals surface area contributed by atoms with E-state index >= 15 is 0 Å². The van der Waals surface area contributed by atoms with Crippen LogP contribution in [0.3, 0.4) is 0 Å². The van der Waals surface area contributed by atoms with Crippen LogP contribution in [0.25, 0.3) is 5.78 Å². The number of fused-ring (bicyclic) bond motifs is 1. The Morgan fingerprint density at radius 3 is 2.71 bits per heavy atom. The fraction of sp³-hybridized carbons (Fsp3) is 0.167. The maximum absolute atomic E-state index is 12.3. The van der Waals surface area contributed by atoms with Crippen molar-refractivity contribution in [2.24, 2.45) is 0 Å². The number of aromatic nitrogens is 4. The predicted octanol–water partition coefficient (Wildman–Crippen LogP) is 1.91. The van der Waals surface area contributed by atoms with Gasteiger partial charge in [-0.15, -0.1) is 0 Å². The van der Waals surface area contributed by atoms with E-state index in [9.17, 15) is 13.2 Å². The van der Waals surface area contributed by atoms with E-state index in [4.69, 9.17) is 0 Å². The molecule has 14 heavy (non-hydrogen) atoms. The molecule has 0 saturated heterocycles. The molecule has 0 aromatic carbocycles. The standard InChI is InChI=1S/C6H2BrF3N4/c7-4-1-3(6(8,9)10)13-5-11-2-12-14(4)5/h1-2H. The van der Waals surface area contributed by atoms with Crippen molar-refractivity contribution in [3.63, 3.8) is 0 Å². The molecule has 0 saturated carbocycles. The van der Waals surface area contributed by atoms with Gasteiger partial charge in [-0.05, 0) is 15.9 Å². The molecule has 0 aliphatic heterocycles. The highest BCUT2D eigenvalue weighted by Gasteiger charge is 2.33. The van der Waals surface area contributed by atoms with Gasteiger partial charge in [-0.1, -0.05) is 0 Å². The van der Waals surface area contributed by atoms with Gasteiger partial charge in [0.1, 0.15) is 10.9 Å². The lowest BCUT2D eigenvalue weighted by Gasteiger charge is -2.05. The summed E-state index contributed by atoms with van der Waals surface area (Å²) in [6.07, 6.45) is -3.34. The van der Waals surface area contributed by atoms with Gasteiger partial charge >= 0.3 is 6.18 Å². The summed E-state index contributed by atoms with van der Waals surface area (Å²) < 4.78 is 38.1. The Morgan fingerprint density at radius 1 is 1.36 bits per heavy atom. The van der Waals surface area contributed by atoms with Gasteiger partial charge in [-0.2, -0.15) is 27.8 Å². The van der Waals surface area contributed by atoms with Crippen molar-refractivity contribution in [2.45, 2.75) is 6.18 Å². The van der Waals surface area contributed by atoms with Crippen LogP contribution in [0, 0.1) is 0 Å². The molecule has 0 aliphatic carbocycles. The molecule has 0 unspecified atom stereocenters. The minimum absolute atomic E-state index is 0.0910. The molecule has 74 valence electrons. The maximum Gasteiger partial charge on any atom is 0.433 e. The number of alkyl halides is 3. The van der Waals surface area contributed by atoms with Crippen LogP contribution in [-0.2, 0) is 6.18 Å². The van der Waals surface area contributed by atoms with E-state index in [-0.39, 0.29) is 10.4 Å². The third-order valence-electron chi connectivity index (χ3n) is 1.50. The average molecular weight is 267 g/mol. The van der Waals surface area contributed by atoms with Gasteiger partial charge in [0.15, 0.2) is 5.69 Å². The molecule has 0 spiro atoms. The smallest absolute Gasteiger partial charge is 0.206 e. The Kier molecular flexibility index (Phi) is 1.95. The molecule has 2 rings (SSSR count). The zero-order valence-corrected chi connectivity index (χ0v) is 8.04. The summed E-state index contributed by atoms with van der Waals surface area (Å²) in [6.45, 7) is 0. The Labute approximate surface area is 83.9 Å². The van der Waals surface area contributed by atoms with E-state index in [0.29, 0.717) is 0 Å². The van der Waals surface area contributed by atoms with Crippen molar-refractivity contribution in [3.8, 4) is 0 Å². The Balaban J connectivity index is 2.70. The van der Waals surface area contributed by atoms with Crippen molar-refractivity contribution in [1.82, 2.24) is 19.6 Å². The summed E-state index contributed by atoms with van der Waals surface area (Å²) in [5.41, 5.74) is -0.995. The van der Waals surface area contributed by atoms with E-state index < -0.39 is 11.9 Å². The number of nitrogens with zero attached hydrogens (tertiary/aromatic N) is 4. The van der Waals surface area contributed by atoms with E-state index in [2.05, 4.69) is 31.0 Å². The van der Waals surface area contributed by atoms with Crippen molar-refractivity contribution >= 4 is 21.7 Å².